The van der Waals surface area contributed by atoms with Gasteiger partial charge in [0.2, 0.25) is 0 Å². The van der Waals surface area contributed by atoms with Gasteiger partial charge in [0.1, 0.15) is 17.3 Å². The first-order valence-electron chi connectivity index (χ1n) is 7.46. The van der Waals surface area contributed by atoms with Crippen molar-refractivity contribution in [3.8, 4) is 11.5 Å². The Hall–Kier alpha value is -3.18. The molecule has 2 amide bonds. The molecule has 0 aliphatic heterocycles. The van der Waals surface area contributed by atoms with E-state index in [1.54, 1.807) is 0 Å². The second-order valence-corrected chi connectivity index (χ2v) is 7.03. The van der Waals surface area contributed by atoms with E-state index < -0.39 is 40.8 Å². The van der Waals surface area contributed by atoms with Crippen LogP contribution < -0.4 is 10.2 Å². The standard InChI is InChI=1S/C16H15FN2O7S/c17-11-1-3-12(4-2-11)26-13-5-7-14(8-6-13)27(24,25)19(16(22)18-23)10-9-15(20)21/h1-8,23H,9-10H2,(H,18,22)(H,20,21). The van der Waals surface area contributed by atoms with Crippen molar-refractivity contribution in [1.82, 2.24) is 9.79 Å². The molecule has 0 saturated carbocycles. The number of carbonyl (C=O) groups excluding carboxylic acids is 1. The van der Waals surface area contributed by atoms with Crippen molar-refractivity contribution in [3.05, 3.63) is 54.3 Å². The van der Waals surface area contributed by atoms with Crippen LogP contribution in [0, 0.1) is 5.82 Å². The van der Waals surface area contributed by atoms with E-state index in [1.165, 1.54) is 41.9 Å². The van der Waals surface area contributed by atoms with E-state index in [0.717, 1.165) is 12.1 Å². The molecule has 9 nitrogen and oxygen atoms in total. The first-order chi connectivity index (χ1) is 12.7. The summed E-state index contributed by atoms with van der Waals surface area (Å²) in [5, 5.41) is 17.4. The van der Waals surface area contributed by atoms with Crippen LogP contribution in [0.4, 0.5) is 9.18 Å². The van der Waals surface area contributed by atoms with Crippen LogP contribution in [0.15, 0.2) is 53.4 Å². The van der Waals surface area contributed by atoms with Gasteiger partial charge in [-0.25, -0.2) is 27.4 Å². The number of ether oxygens (including phenoxy) is 1. The SMILES string of the molecule is O=C(O)CCN(C(=O)NO)S(=O)(=O)c1ccc(Oc2ccc(F)cc2)cc1. The molecule has 0 atom stereocenters. The second kappa shape index (κ2) is 8.47. The molecule has 2 rings (SSSR count). The van der Waals surface area contributed by atoms with Gasteiger partial charge >= 0.3 is 12.0 Å². The zero-order chi connectivity index (χ0) is 20.0. The minimum absolute atomic E-state index is 0.205. The van der Waals surface area contributed by atoms with E-state index in [9.17, 15) is 22.4 Å². The summed E-state index contributed by atoms with van der Waals surface area (Å²) in [5.41, 5.74) is 1.17. The van der Waals surface area contributed by atoms with Crippen molar-refractivity contribution < 1.29 is 37.4 Å². The van der Waals surface area contributed by atoms with Gasteiger partial charge < -0.3 is 9.84 Å². The fourth-order valence-corrected chi connectivity index (χ4v) is 3.35. The highest BCUT2D eigenvalue weighted by Crippen LogP contribution is 2.24. The molecule has 27 heavy (non-hydrogen) atoms. The number of carboxylic acid groups (broad SMARTS) is 1. The number of amides is 2. The number of halogens is 1. The van der Waals surface area contributed by atoms with Gasteiger partial charge in [-0.05, 0) is 48.5 Å². The molecule has 11 heteroatoms. The van der Waals surface area contributed by atoms with E-state index in [4.69, 9.17) is 15.1 Å². The van der Waals surface area contributed by atoms with Crippen molar-refractivity contribution in [1.29, 1.82) is 0 Å². The lowest BCUT2D eigenvalue weighted by Crippen LogP contribution is -2.43. The van der Waals surface area contributed by atoms with Crippen LogP contribution in [0.3, 0.4) is 0 Å². The molecule has 0 aliphatic carbocycles. The Kier molecular flexibility index (Phi) is 6.32. The van der Waals surface area contributed by atoms with Gasteiger partial charge in [-0.3, -0.25) is 10.0 Å². The molecule has 0 bridgehead atoms. The van der Waals surface area contributed by atoms with E-state index >= 15 is 0 Å². The molecule has 0 saturated heterocycles. The number of aliphatic carboxylic acids is 1. The highest BCUT2D eigenvalue weighted by molar-refractivity contribution is 7.89. The number of hydrogen-bond acceptors (Lipinski definition) is 6. The summed E-state index contributed by atoms with van der Waals surface area (Å²) in [6.07, 6.45) is -0.640. The Morgan fingerprint density at radius 1 is 1.04 bits per heavy atom. The number of hydroxylamine groups is 1. The first-order valence-corrected chi connectivity index (χ1v) is 8.90. The topological polar surface area (TPSA) is 133 Å². The summed E-state index contributed by atoms with van der Waals surface area (Å²) in [4.78, 5) is 22.0. The Morgan fingerprint density at radius 3 is 2.04 bits per heavy atom. The molecule has 2 aromatic carbocycles. The van der Waals surface area contributed by atoms with Crippen molar-refractivity contribution in [2.24, 2.45) is 0 Å². The van der Waals surface area contributed by atoms with Gasteiger partial charge in [0, 0.05) is 6.54 Å². The molecule has 0 radical (unpaired) electrons. The number of sulfonamides is 1. The molecule has 3 N–H and O–H groups in total. The van der Waals surface area contributed by atoms with Gasteiger partial charge in [0.15, 0.2) is 0 Å². The van der Waals surface area contributed by atoms with Crippen molar-refractivity contribution in [3.63, 3.8) is 0 Å². The third-order valence-corrected chi connectivity index (χ3v) is 5.11. The highest BCUT2D eigenvalue weighted by atomic mass is 32.2. The minimum Gasteiger partial charge on any atom is -0.481 e. The normalized spacial score (nSPS) is 10.9. The van der Waals surface area contributed by atoms with Crippen LogP contribution in [0.2, 0.25) is 0 Å². The van der Waals surface area contributed by atoms with Crippen LogP contribution in [-0.2, 0) is 14.8 Å². The maximum absolute atomic E-state index is 12.9. The maximum Gasteiger partial charge on any atom is 0.355 e. The van der Waals surface area contributed by atoms with E-state index in [2.05, 4.69) is 0 Å². The Labute approximate surface area is 153 Å². The quantitative estimate of drug-likeness (QED) is 0.481. The van der Waals surface area contributed by atoms with Gasteiger partial charge in [-0.15, -0.1) is 0 Å². The number of urea groups is 1. The Morgan fingerprint density at radius 2 is 1.56 bits per heavy atom. The monoisotopic (exact) mass is 398 g/mol. The minimum atomic E-state index is -4.41. The zero-order valence-electron chi connectivity index (χ0n) is 13.7. The summed E-state index contributed by atoms with van der Waals surface area (Å²) >= 11 is 0. The number of carboxylic acids is 1. The summed E-state index contributed by atoms with van der Waals surface area (Å²) in [7, 11) is -4.41. The molecular formula is C16H15FN2O7S. The number of nitrogens with one attached hydrogen (secondary N) is 1. The molecule has 0 spiro atoms. The Bertz CT molecular complexity index is 915. The largest absolute Gasteiger partial charge is 0.481 e. The van der Waals surface area contributed by atoms with Crippen LogP contribution >= 0.6 is 0 Å². The van der Waals surface area contributed by atoms with E-state index in [0.29, 0.717) is 5.75 Å². The van der Waals surface area contributed by atoms with E-state index in [-0.39, 0.29) is 15.0 Å². The van der Waals surface area contributed by atoms with Gasteiger partial charge in [0.05, 0.1) is 11.3 Å². The molecule has 0 unspecified atom stereocenters. The van der Waals surface area contributed by atoms with E-state index in [1.807, 2.05) is 0 Å². The van der Waals surface area contributed by atoms with Crippen LogP contribution in [-0.4, -0.2) is 41.6 Å². The fourth-order valence-electron chi connectivity index (χ4n) is 2.03. The smallest absolute Gasteiger partial charge is 0.355 e. The van der Waals surface area contributed by atoms with Crippen molar-refractivity contribution >= 4 is 22.0 Å². The molecule has 0 heterocycles. The predicted molar refractivity (Wildman–Crippen MR) is 89.4 cm³/mol. The lowest BCUT2D eigenvalue weighted by molar-refractivity contribution is -0.137. The third-order valence-electron chi connectivity index (χ3n) is 3.31. The molecule has 2 aromatic rings. The third kappa shape index (κ3) is 5.15. The zero-order valence-corrected chi connectivity index (χ0v) is 14.5. The average molecular weight is 398 g/mol. The summed E-state index contributed by atoms with van der Waals surface area (Å²) < 4.78 is 43.6. The number of hydrogen-bond donors (Lipinski definition) is 3. The Balaban J connectivity index is 2.22. The maximum atomic E-state index is 12.9. The van der Waals surface area contributed by atoms with Gasteiger partial charge in [-0.1, -0.05) is 0 Å². The lowest BCUT2D eigenvalue weighted by Gasteiger charge is -2.20. The summed E-state index contributed by atoms with van der Waals surface area (Å²) in [6, 6.07) is 8.69. The first kappa shape index (κ1) is 20.1. The highest BCUT2D eigenvalue weighted by Gasteiger charge is 2.29. The van der Waals surface area contributed by atoms with Crippen LogP contribution in [0.1, 0.15) is 6.42 Å². The lowest BCUT2D eigenvalue weighted by atomic mass is 10.3. The molecular weight excluding hydrogens is 383 g/mol. The predicted octanol–water partition coefficient (Wildman–Crippen LogP) is 2.18. The van der Waals surface area contributed by atoms with Crippen molar-refractivity contribution in [2.45, 2.75) is 11.3 Å². The molecule has 144 valence electrons. The molecule has 0 aliphatic rings. The number of rotatable bonds is 7. The molecule has 0 aromatic heterocycles. The summed E-state index contributed by atoms with van der Waals surface area (Å²) in [5.74, 6) is -1.17. The van der Waals surface area contributed by atoms with Crippen LogP contribution in [0.25, 0.3) is 0 Å². The number of nitrogens with zero attached hydrogens (tertiary/aromatic N) is 1. The number of carbonyl (C=O) groups is 2. The number of benzene rings is 2. The molecule has 0 fully saturated rings. The second-order valence-electron chi connectivity index (χ2n) is 5.17. The fraction of sp³-hybridized carbons (Fsp3) is 0.125. The van der Waals surface area contributed by atoms with Crippen molar-refractivity contribution in [2.75, 3.05) is 6.54 Å². The van der Waals surface area contributed by atoms with Gasteiger partial charge in [0.25, 0.3) is 10.0 Å². The summed E-state index contributed by atoms with van der Waals surface area (Å²) in [6.45, 7) is -0.669. The van der Waals surface area contributed by atoms with Gasteiger partial charge in [-0.2, -0.15) is 0 Å². The average Bonchev–Trinajstić information content (AvgIpc) is 2.63. The van der Waals surface area contributed by atoms with Crippen LogP contribution in [0.5, 0.6) is 11.5 Å².